The number of nitro groups is 1. The van der Waals surface area contributed by atoms with Crippen molar-refractivity contribution >= 4 is 29.1 Å². The summed E-state index contributed by atoms with van der Waals surface area (Å²) in [5.41, 5.74) is 1.57. The monoisotopic (exact) mass is 398 g/mol. The number of hydrogen-bond donors (Lipinski definition) is 2. The van der Waals surface area contributed by atoms with Crippen molar-refractivity contribution < 1.29 is 14.5 Å². The van der Waals surface area contributed by atoms with Crippen LogP contribution in [0.15, 0.2) is 42.6 Å². The van der Waals surface area contributed by atoms with E-state index in [1.807, 2.05) is 12.1 Å². The van der Waals surface area contributed by atoms with E-state index >= 15 is 0 Å². The molecule has 10 nitrogen and oxygen atoms in total. The van der Waals surface area contributed by atoms with Gasteiger partial charge in [-0.2, -0.15) is 0 Å². The highest BCUT2D eigenvalue weighted by molar-refractivity contribution is 5.84. The smallest absolute Gasteiger partial charge is 0.412 e. The summed E-state index contributed by atoms with van der Waals surface area (Å²) in [4.78, 5) is 26.2. The zero-order valence-corrected chi connectivity index (χ0v) is 16.4. The summed E-state index contributed by atoms with van der Waals surface area (Å²) in [5.74, 6) is 0.332. The van der Waals surface area contributed by atoms with Gasteiger partial charge in [-0.1, -0.05) is 21.7 Å². The Morgan fingerprint density at radius 1 is 1.21 bits per heavy atom. The second kappa shape index (κ2) is 8.13. The van der Waals surface area contributed by atoms with Gasteiger partial charge in [0.25, 0.3) is 0 Å². The zero-order chi connectivity index (χ0) is 21.0. The SMILES string of the molecule is CC(C)(C)OC(=O)Nc1ccc(CCNc2ccc3ncc([N+](=O)[O-])n3n2)cc1. The first-order valence-corrected chi connectivity index (χ1v) is 9.03. The summed E-state index contributed by atoms with van der Waals surface area (Å²) < 4.78 is 6.41. The van der Waals surface area contributed by atoms with Gasteiger partial charge in [0, 0.05) is 18.3 Å². The predicted octanol–water partition coefficient (Wildman–Crippen LogP) is 3.64. The number of aromatic nitrogens is 3. The van der Waals surface area contributed by atoms with E-state index in [-0.39, 0.29) is 5.82 Å². The number of carbonyl (C=O) groups is 1. The lowest BCUT2D eigenvalue weighted by Gasteiger charge is -2.19. The van der Waals surface area contributed by atoms with E-state index in [2.05, 4.69) is 20.7 Å². The van der Waals surface area contributed by atoms with Crippen molar-refractivity contribution in [2.75, 3.05) is 17.2 Å². The fourth-order valence-corrected chi connectivity index (χ4v) is 2.59. The summed E-state index contributed by atoms with van der Waals surface area (Å²) in [6.07, 6.45) is 1.39. The number of amides is 1. The summed E-state index contributed by atoms with van der Waals surface area (Å²) in [6.45, 7) is 6.00. The van der Waals surface area contributed by atoms with Crippen LogP contribution in [0.3, 0.4) is 0 Å². The molecule has 0 bridgehead atoms. The van der Waals surface area contributed by atoms with Crippen LogP contribution in [0.2, 0.25) is 0 Å². The summed E-state index contributed by atoms with van der Waals surface area (Å²) in [5, 5.41) is 21.0. The molecule has 2 N–H and O–H groups in total. The lowest BCUT2D eigenvalue weighted by Crippen LogP contribution is -2.27. The Balaban J connectivity index is 1.54. The van der Waals surface area contributed by atoms with Gasteiger partial charge < -0.3 is 20.2 Å². The van der Waals surface area contributed by atoms with Crippen LogP contribution >= 0.6 is 0 Å². The quantitative estimate of drug-likeness (QED) is 0.480. The van der Waals surface area contributed by atoms with E-state index in [1.165, 1.54) is 10.7 Å². The van der Waals surface area contributed by atoms with Crippen LogP contribution in [-0.2, 0) is 11.2 Å². The van der Waals surface area contributed by atoms with Crippen molar-refractivity contribution in [1.29, 1.82) is 0 Å². The first-order chi connectivity index (χ1) is 13.7. The lowest BCUT2D eigenvalue weighted by atomic mass is 10.1. The van der Waals surface area contributed by atoms with Crippen LogP contribution in [0.1, 0.15) is 26.3 Å². The Morgan fingerprint density at radius 3 is 2.59 bits per heavy atom. The van der Waals surface area contributed by atoms with Gasteiger partial charge in [-0.15, -0.1) is 0 Å². The molecule has 0 unspecified atom stereocenters. The van der Waals surface area contributed by atoms with Gasteiger partial charge in [0.1, 0.15) is 11.8 Å². The Labute approximate surface area is 167 Å². The van der Waals surface area contributed by atoms with Crippen molar-refractivity contribution in [3.05, 3.63) is 58.3 Å². The lowest BCUT2D eigenvalue weighted by molar-refractivity contribution is -0.391. The first-order valence-electron chi connectivity index (χ1n) is 9.03. The molecule has 152 valence electrons. The number of imidazole rings is 1. The van der Waals surface area contributed by atoms with Crippen LogP contribution in [-0.4, -0.2) is 37.8 Å². The minimum atomic E-state index is -0.552. The van der Waals surface area contributed by atoms with Crippen LogP contribution in [0.5, 0.6) is 0 Å². The Bertz CT molecular complexity index is 1020. The summed E-state index contributed by atoms with van der Waals surface area (Å²) in [7, 11) is 0. The summed E-state index contributed by atoms with van der Waals surface area (Å²) in [6, 6.07) is 10.8. The molecule has 0 aliphatic rings. The average Bonchev–Trinajstić information content (AvgIpc) is 3.05. The van der Waals surface area contributed by atoms with E-state index in [9.17, 15) is 14.9 Å². The van der Waals surface area contributed by atoms with E-state index in [0.717, 1.165) is 5.56 Å². The minimum absolute atomic E-state index is 0.184. The van der Waals surface area contributed by atoms with Crippen LogP contribution in [0.25, 0.3) is 5.65 Å². The highest BCUT2D eigenvalue weighted by Gasteiger charge is 2.17. The Kier molecular flexibility index (Phi) is 5.62. The third-order valence-electron chi connectivity index (χ3n) is 3.85. The largest absolute Gasteiger partial charge is 0.444 e. The average molecular weight is 398 g/mol. The van der Waals surface area contributed by atoms with Crippen LogP contribution in [0, 0.1) is 10.1 Å². The first kappa shape index (κ1) is 20.1. The van der Waals surface area contributed by atoms with Crippen molar-refractivity contribution in [1.82, 2.24) is 14.6 Å². The number of fused-ring (bicyclic) bond motifs is 1. The predicted molar refractivity (Wildman–Crippen MR) is 108 cm³/mol. The van der Waals surface area contributed by atoms with Crippen LogP contribution < -0.4 is 10.6 Å². The molecule has 3 rings (SSSR count). The van der Waals surface area contributed by atoms with Crippen molar-refractivity contribution in [2.24, 2.45) is 0 Å². The molecule has 1 aromatic carbocycles. The summed E-state index contributed by atoms with van der Waals surface area (Å²) >= 11 is 0. The Hall–Kier alpha value is -3.69. The molecule has 0 aliphatic heterocycles. The molecule has 10 heteroatoms. The molecule has 1 amide bonds. The van der Waals surface area contributed by atoms with E-state index in [0.29, 0.717) is 30.1 Å². The van der Waals surface area contributed by atoms with Gasteiger partial charge in [-0.25, -0.2) is 9.78 Å². The molecule has 2 heterocycles. The van der Waals surface area contributed by atoms with Gasteiger partial charge in [-0.05, 0) is 55.9 Å². The van der Waals surface area contributed by atoms with E-state index in [4.69, 9.17) is 4.74 Å². The number of ether oxygens (including phenoxy) is 1. The number of hydrogen-bond acceptors (Lipinski definition) is 7. The topological polar surface area (TPSA) is 124 Å². The highest BCUT2D eigenvalue weighted by atomic mass is 16.6. The van der Waals surface area contributed by atoms with E-state index in [1.54, 1.807) is 45.0 Å². The molecule has 29 heavy (non-hydrogen) atoms. The number of nitrogens with zero attached hydrogens (tertiary/aromatic N) is 4. The maximum Gasteiger partial charge on any atom is 0.412 e. The maximum absolute atomic E-state index is 11.8. The molecule has 0 aliphatic carbocycles. The molecule has 0 spiro atoms. The minimum Gasteiger partial charge on any atom is -0.444 e. The molecule has 0 radical (unpaired) electrons. The fourth-order valence-electron chi connectivity index (χ4n) is 2.59. The van der Waals surface area contributed by atoms with Crippen molar-refractivity contribution in [3.8, 4) is 0 Å². The molecule has 0 atom stereocenters. The number of anilines is 2. The third-order valence-corrected chi connectivity index (χ3v) is 3.85. The Morgan fingerprint density at radius 2 is 1.93 bits per heavy atom. The zero-order valence-electron chi connectivity index (χ0n) is 16.4. The van der Waals surface area contributed by atoms with Crippen molar-refractivity contribution in [2.45, 2.75) is 32.8 Å². The van der Waals surface area contributed by atoms with Gasteiger partial charge in [-0.3, -0.25) is 5.32 Å². The maximum atomic E-state index is 11.8. The normalized spacial score (nSPS) is 11.3. The molecular formula is C19H22N6O4. The highest BCUT2D eigenvalue weighted by Crippen LogP contribution is 2.16. The molecule has 2 aromatic heterocycles. The molecule has 0 saturated heterocycles. The number of benzene rings is 1. The second-order valence-electron chi connectivity index (χ2n) is 7.36. The molecule has 3 aromatic rings. The van der Waals surface area contributed by atoms with Gasteiger partial charge in [0.05, 0.1) is 0 Å². The fraction of sp³-hybridized carbons (Fsp3) is 0.316. The molecule has 0 fully saturated rings. The second-order valence-corrected chi connectivity index (χ2v) is 7.36. The van der Waals surface area contributed by atoms with Crippen molar-refractivity contribution in [3.63, 3.8) is 0 Å². The third kappa shape index (κ3) is 5.41. The number of carbonyl (C=O) groups excluding carboxylic acids is 1. The number of rotatable bonds is 6. The standard InChI is InChI=1S/C19H22N6O4/c1-19(2,3)29-18(26)22-14-6-4-13(5-7-14)10-11-20-15-8-9-16-21-12-17(25(27)28)24(16)23-15/h4-9,12H,10-11H2,1-3H3,(H,20,23)(H,22,26). The number of nitrogens with one attached hydrogen (secondary N) is 2. The van der Waals surface area contributed by atoms with Gasteiger partial charge in [0.15, 0.2) is 5.82 Å². The molecular weight excluding hydrogens is 376 g/mol. The van der Waals surface area contributed by atoms with E-state index < -0.39 is 16.6 Å². The van der Waals surface area contributed by atoms with Gasteiger partial charge >= 0.3 is 11.9 Å². The molecule has 0 saturated carbocycles. The van der Waals surface area contributed by atoms with Gasteiger partial charge in [0.2, 0.25) is 5.65 Å². The van der Waals surface area contributed by atoms with Crippen LogP contribution in [0.4, 0.5) is 22.1 Å².